The SMILES string of the molecule is CC(C)c1nc(C(=O)Nc2ccccc2C(C)O)n[nH]1. The van der Waals surface area contributed by atoms with Crippen molar-refractivity contribution in [2.24, 2.45) is 0 Å². The van der Waals surface area contributed by atoms with E-state index in [1.807, 2.05) is 13.8 Å². The van der Waals surface area contributed by atoms with Gasteiger partial charge in [0.1, 0.15) is 5.82 Å². The average Bonchev–Trinajstić information content (AvgIpc) is 2.89. The van der Waals surface area contributed by atoms with Gasteiger partial charge in [0, 0.05) is 17.2 Å². The lowest BCUT2D eigenvalue weighted by Crippen LogP contribution is -2.15. The summed E-state index contributed by atoms with van der Waals surface area (Å²) in [5.74, 6) is 0.531. The monoisotopic (exact) mass is 274 g/mol. The molecule has 2 rings (SSSR count). The number of H-pyrrole nitrogens is 1. The van der Waals surface area contributed by atoms with Crippen LogP contribution in [0.3, 0.4) is 0 Å². The number of nitrogens with one attached hydrogen (secondary N) is 2. The maximum absolute atomic E-state index is 12.1. The van der Waals surface area contributed by atoms with Crippen molar-refractivity contribution in [2.75, 3.05) is 5.32 Å². The molecule has 1 unspecified atom stereocenters. The number of carbonyl (C=O) groups excluding carboxylic acids is 1. The zero-order valence-electron chi connectivity index (χ0n) is 11.7. The van der Waals surface area contributed by atoms with Crippen LogP contribution < -0.4 is 5.32 Å². The summed E-state index contributed by atoms with van der Waals surface area (Å²) in [5, 5.41) is 19.0. The Balaban J connectivity index is 2.19. The van der Waals surface area contributed by atoms with Crippen LogP contribution in [0.1, 0.15) is 54.8 Å². The number of para-hydroxylation sites is 1. The van der Waals surface area contributed by atoms with Crippen LogP contribution in [0.15, 0.2) is 24.3 Å². The Morgan fingerprint density at radius 2 is 2.00 bits per heavy atom. The highest BCUT2D eigenvalue weighted by Crippen LogP contribution is 2.22. The summed E-state index contributed by atoms with van der Waals surface area (Å²) in [7, 11) is 0. The summed E-state index contributed by atoms with van der Waals surface area (Å²) in [5.41, 5.74) is 1.21. The summed E-state index contributed by atoms with van der Waals surface area (Å²) >= 11 is 0. The normalized spacial score (nSPS) is 12.4. The second-order valence-corrected chi connectivity index (χ2v) is 4.92. The molecule has 3 N–H and O–H groups in total. The van der Waals surface area contributed by atoms with E-state index in [4.69, 9.17) is 0 Å². The summed E-state index contributed by atoms with van der Waals surface area (Å²) < 4.78 is 0. The smallest absolute Gasteiger partial charge is 0.295 e. The molecule has 1 amide bonds. The fraction of sp³-hybridized carbons (Fsp3) is 0.357. The maximum atomic E-state index is 12.1. The Labute approximate surface area is 117 Å². The van der Waals surface area contributed by atoms with E-state index in [1.54, 1.807) is 31.2 Å². The predicted molar refractivity (Wildman–Crippen MR) is 75.5 cm³/mol. The number of aromatic amines is 1. The van der Waals surface area contributed by atoms with E-state index in [0.717, 1.165) is 0 Å². The van der Waals surface area contributed by atoms with Crippen LogP contribution in [0.2, 0.25) is 0 Å². The van der Waals surface area contributed by atoms with Gasteiger partial charge in [-0.3, -0.25) is 9.89 Å². The highest BCUT2D eigenvalue weighted by Gasteiger charge is 2.16. The van der Waals surface area contributed by atoms with Gasteiger partial charge in [0.25, 0.3) is 5.91 Å². The predicted octanol–water partition coefficient (Wildman–Crippen LogP) is 2.23. The fourth-order valence-electron chi connectivity index (χ4n) is 1.79. The first kappa shape index (κ1) is 14.2. The number of rotatable bonds is 4. The Morgan fingerprint density at radius 3 is 2.60 bits per heavy atom. The van der Waals surface area contributed by atoms with Gasteiger partial charge >= 0.3 is 0 Å². The molecule has 2 aromatic rings. The van der Waals surface area contributed by atoms with E-state index >= 15 is 0 Å². The lowest BCUT2D eigenvalue weighted by atomic mass is 10.1. The van der Waals surface area contributed by atoms with Crippen LogP contribution in [0.5, 0.6) is 0 Å². The number of nitrogens with zero attached hydrogens (tertiary/aromatic N) is 2. The van der Waals surface area contributed by atoms with Crippen LogP contribution in [0.4, 0.5) is 5.69 Å². The summed E-state index contributed by atoms with van der Waals surface area (Å²) in [6.07, 6.45) is -0.662. The van der Waals surface area contributed by atoms with Gasteiger partial charge in [-0.1, -0.05) is 32.0 Å². The molecule has 0 aliphatic rings. The Kier molecular flexibility index (Phi) is 4.14. The van der Waals surface area contributed by atoms with E-state index in [0.29, 0.717) is 17.1 Å². The van der Waals surface area contributed by atoms with E-state index < -0.39 is 12.0 Å². The summed E-state index contributed by atoms with van der Waals surface area (Å²) in [6.45, 7) is 5.57. The molecule has 0 spiro atoms. The molecule has 1 heterocycles. The number of aromatic nitrogens is 3. The lowest BCUT2D eigenvalue weighted by Gasteiger charge is -2.11. The number of anilines is 1. The van der Waals surface area contributed by atoms with Gasteiger partial charge in [0.2, 0.25) is 5.82 Å². The third-order valence-electron chi connectivity index (χ3n) is 2.91. The molecule has 0 aliphatic heterocycles. The second-order valence-electron chi connectivity index (χ2n) is 4.92. The summed E-state index contributed by atoms with van der Waals surface area (Å²) in [4.78, 5) is 16.2. The first-order chi connectivity index (χ1) is 9.49. The standard InChI is InChI=1S/C14H18N4O2/c1-8(2)12-16-13(18-17-12)14(20)15-11-7-5-4-6-10(11)9(3)19/h4-9,19H,1-3H3,(H,15,20)(H,16,17,18). The first-order valence-electron chi connectivity index (χ1n) is 6.49. The number of aliphatic hydroxyl groups excluding tert-OH is 1. The van der Waals surface area contributed by atoms with Gasteiger partial charge in [-0.25, -0.2) is 4.98 Å². The van der Waals surface area contributed by atoms with Gasteiger partial charge in [-0.05, 0) is 13.0 Å². The van der Waals surface area contributed by atoms with E-state index in [1.165, 1.54) is 0 Å². The third-order valence-corrected chi connectivity index (χ3v) is 2.91. The van der Waals surface area contributed by atoms with Gasteiger partial charge in [0.05, 0.1) is 6.10 Å². The first-order valence-corrected chi connectivity index (χ1v) is 6.49. The molecule has 0 radical (unpaired) electrons. The molecule has 0 saturated heterocycles. The minimum atomic E-state index is -0.662. The number of amides is 1. The minimum absolute atomic E-state index is 0.0918. The molecule has 1 aromatic carbocycles. The summed E-state index contributed by atoms with van der Waals surface area (Å²) in [6, 6.07) is 7.09. The quantitative estimate of drug-likeness (QED) is 0.797. The molecule has 106 valence electrons. The third kappa shape index (κ3) is 3.03. The lowest BCUT2D eigenvalue weighted by molar-refractivity contribution is 0.101. The van der Waals surface area contributed by atoms with Crippen LogP contribution in [0.25, 0.3) is 0 Å². The highest BCUT2D eigenvalue weighted by molar-refractivity contribution is 6.01. The van der Waals surface area contributed by atoms with E-state index in [-0.39, 0.29) is 11.7 Å². The maximum Gasteiger partial charge on any atom is 0.295 e. The van der Waals surface area contributed by atoms with Crippen molar-refractivity contribution in [2.45, 2.75) is 32.8 Å². The number of aliphatic hydroxyl groups is 1. The minimum Gasteiger partial charge on any atom is -0.389 e. The molecule has 1 aromatic heterocycles. The number of hydrogen-bond acceptors (Lipinski definition) is 4. The van der Waals surface area contributed by atoms with E-state index in [2.05, 4.69) is 20.5 Å². The molecule has 6 nitrogen and oxygen atoms in total. The highest BCUT2D eigenvalue weighted by atomic mass is 16.3. The van der Waals surface area contributed by atoms with Gasteiger partial charge in [0.15, 0.2) is 0 Å². The Morgan fingerprint density at radius 1 is 1.30 bits per heavy atom. The van der Waals surface area contributed by atoms with Crippen molar-refractivity contribution in [3.8, 4) is 0 Å². The van der Waals surface area contributed by atoms with Crippen molar-refractivity contribution >= 4 is 11.6 Å². The van der Waals surface area contributed by atoms with Gasteiger partial charge < -0.3 is 10.4 Å². The van der Waals surface area contributed by atoms with E-state index in [9.17, 15) is 9.90 Å². The van der Waals surface area contributed by atoms with Crippen LogP contribution in [-0.2, 0) is 0 Å². The molecule has 20 heavy (non-hydrogen) atoms. The molecule has 0 fully saturated rings. The molecule has 0 aliphatic carbocycles. The average molecular weight is 274 g/mol. The molecule has 0 bridgehead atoms. The van der Waals surface area contributed by atoms with Crippen molar-refractivity contribution in [1.82, 2.24) is 15.2 Å². The molecule has 1 atom stereocenters. The van der Waals surface area contributed by atoms with Gasteiger partial charge in [-0.15, -0.1) is 5.10 Å². The topological polar surface area (TPSA) is 90.9 Å². The second kappa shape index (κ2) is 5.83. The van der Waals surface area contributed by atoms with Crippen molar-refractivity contribution in [3.05, 3.63) is 41.5 Å². The molecule has 0 saturated carbocycles. The van der Waals surface area contributed by atoms with Crippen LogP contribution in [0, 0.1) is 0 Å². The van der Waals surface area contributed by atoms with Crippen LogP contribution >= 0.6 is 0 Å². The molecular weight excluding hydrogens is 256 g/mol. The van der Waals surface area contributed by atoms with Crippen molar-refractivity contribution in [3.63, 3.8) is 0 Å². The van der Waals surface area contributed by atoms with Crippen molar-refractivity contribution < 1.29 is 9.90 Å². The van der Waals surface area contributed by atoms with Crippen molar-refractivity contribution in [1.29, 1.82) is 0 Å². The zero-order valence-corrected chi connectivity index (χ0v) is 11.7. The largest absolute Gasteiger partial charge is 0.389 e. The zero-order chi connectivity index (χ0) is 14.7. The Bertz CT molecular complexity index is 605. The molecule has 6 heteroatoms. The molecular formula is C14H18N4O2. The Hall–Kier alpha value is -2.21. The van der Waals surface area contributed by atoms with Crippen LogP contribution in [-0.4, -0.2) is 26.2 Å². The number of carbonyl (C=O) groups is 1. The van der Waals surface area contributed by atoms with Gasteiger partial charge in [-0.2, -0.15) is 0 Å². The fourth-order valence-corrected chi connectivity index (χ4v) is 1.79. The number of hydrogen-bond donors (Lipinski definition) is 3. The number of benzene rings is 1.